The SMILES string of the molecule is CCNc1nc(C)nc(NCC(O)CC(C)C)c1C. The zero-order chi connectivity index (χ0) is 14.4. The van der Waals surface area contributed by atoms with E-state index in [1.165, 1.54) is 0 Å². The van der Waals surface area contributed by atoms with Crippen molar-refractivity contribution in [3.8, 4) is 0 Å². The number of hydrogen-bond donors (Lipinski definition) is 3. The first kappa shape index (κ1) is 15.7. The molecule has 0 saturated heterocycles. The molecule has 5 heteroatoms. The van der Waals surface area contributed by atoms with Gasteiger partial charge in [-0.15, -0.1) is 0 Å². The lowest BCUT2D eigenvalue weighted by atomic mass is 10.1. The first-order valence-electron chi connectivity index (χ1n) is 6.95. The number of nitrogens with one attached hydrogen (secondary N) is 2. The Bertz CT molecular complexity index is 407. The molecular formula is C14H26N4O. The second-order valence-electron chi connectivity index (χ2n) is 5.29. The number of aryl methyl sites for hydroxylation is 1. The number of aliphatic hydroxyl groups is 1. The number of nitrogens with zero attached hydrogens (tertiary/aromatic N) is 2. The molecule has 1 heterocycles. The minimum Gasteiger partial charge on any atom is -0.391 e. The van der Waals surface area contributed by atoms with Crippen LogP contribution in [-0.2, 0) is 0 Å². The standard InChI is InChI=1S/C14H26N4O/c1-6-15-13-10(4)14(18-11(5)17-13)16-8-12(19)7-9(2)3/h9,12,19H,6-8H2,1-5H3,(H2,15,16,17,18). The Balaban J connectivity index is 2.72. The lowest BCUT2D eigenvalue weighted by Crippen LogP contribution is -2.22. The fourth-order valence-electron chi connectivity index (χ4n) is 1.98. The smallest absolute Gasteiger partial charge is 0.134 e. The van der Waals surface area contributed by atoms with Crippen molar-refractivity contribution in [1.29, 1.82) is 0 Å². The van der Waals surface area contributed by atoms with Crippen molar-refractivity contribution in [2.75, 3.05) is 23.7 Å². The predicted molar refractivity (Wildman–Crippen MR) is 79.6 cm³/mol. The Hall–Kier alpha value is -1.36. The Morgan fingerprint density at radius 2 is 1.68 bits per heavy atom. The first-order valence-corrected chi connectivity index (χ1v) is 6.95. The van der Waals surface area contributed by atoms with Crippen LogP contribution in [0.25, 0.3) is 0 Å². The molecule has 0 aliphatic rings. The third kappa shape index (κ3) is 5.03. The van der Waals surface area contributed by atoms with Gasteiger partial charge in [0.05, 0.1) is 6.10 Å². The minimum absolute atomic E-state index is 0.350. The van der Waals surface area contributed by atoms with E-state index in [9.17, 15) is 5.11 Å². The van der Waals surface area contributed by atoms with E-state index >= 15 is 0 Å². The molecule has 0 aromatic carbocycles. The molecule has 0 aliphatic carbocycles. The molecular weight excluding hydrogens is 240 g/mol. The van der Waals surface area contributed by atoms with Crippen molar-refractivity contribution in [1.82, 2.24) is 9.97 Å². The van der Waals surface area contributed by atoms with Crippen LogP contribution in [-0.4, -0.2) is 34.3 Å². The lowest BCUT2D eigenvalue weighted by molar-refractivity contribution is 0.161. The highest BCUT2D eigenvalue weighted by atomic mass is 16.3. The van der Waals surface area contributed by atoms with Crippen LogP contribution < -0.4 is 10.6 Å². The van der Waals surface area contributed by atoms with Gasteiger partial charge in [-0.3, -0.25) is 0 Å². The van der Waals surface area contributed by atoms with Crippen LogP contribution in [0.5, 0.6) is 0 Å². The van der Waals surface area contributed by atoms with Gasteiger partial charge < -0.3 is 15.7 Å². The number of hydrogen-bond acceptors (Lipinski definition) is 5. The summed E-state index contributed by atoms with van der Waals surface area (Å²) in [7, 11) is 0. The van der Waals surface area contributed by atoms with Crippen LogP contribution in [0.3, 0.4) is 0 Å². The van der Waals surface area contributed by atoms with E-state index in [1.807, 2.05) is 20.8 Å². The van der Waals surface area contributed by atoms with Crippen LogP contribution in [0, 0.1) is 19.8 Å². The highest BCUT2D eigenvalue weighted by molar-refractivity contribution is 5.57. The summed E-state index contributed by atoms with van der Waals surface area (Å²) in [6.45, 7) is 11.4. The number of aliphatic hydroxyl groups excluding tert-OH is 1. The summed E-state index contributed by atoms with van der Waals surface area (Å²) in [5.41, 5.74) is 0.990. The minimum atomic E-state index is -0.350. The average Bonchev–Trinajstić information content (AvgIpc) is 2.31. The third-order valence-corrected chi connectivity index (χ3v) is 2.85. The summed E-state index contributed by atoms with van der Waals surface area (Å²) < 4.78 is 0. The molecule has 0 bridgehead atoms. The van der Waals surface area contributed by atoms with Crippen molar-refractivity contribution in [3.05, 3.63) is 11.4 Å². The zero-order valence-corrected chi connectivity index (χ0v) is 12.6. The van der Waals surface area contributed by atoms with Gasteiger partial charge in [-0.2, -0.15) is 0 Å². The van der Waals surface area contributed by atoms with Crippen molar-refractivity contribution >= 4 is 11.6 Å². The highest BCUT2D eigenvalue weighted by Gasteiger charge is 2.11. The fourth-order valence-corrected chi connectivity index (χ4v) is 1.98. The average molecular weight is 266 g/mol. The summed E-state index contributed by atoms with van der Waals surface area (Å²) in [5.74, 6) is 2.87. The number of rotatable bonds is 7. The second-order valence-corrected chi connectivity index (χ2v) is 5.29. The van der Waals surface area contributed by atoms with Gasteiger partial charge in [-0.1, -0.05) is 13.8 Å². The Labute approximate surface area is 115 Å². The fraction of sp³-hybridized carbons (Fsp3) is 0.714. The van der Waals surface area contributed by atoms with Gasteiger partial charge in [0.1, 0.15) is 17.5 Å². The molecule has 1 aromatic rings. The van der Waals surface area contributed by atoms with Gasteiger partial charge in [-0.05, 0) is 33.1 Å². The van der Waals surface area contributed by atoms with E-state index in [4.69, 9.17) is 0 Å². The molecule has 1 aromatic heterocycles. The summed E-state index contributed by atoms with van der Waals surface area (Å²) in [5, 5.41) is 16.3. The van der Waals surface area contributed by atoms with Gasteiger partial charge in [0.15, 0.2) is 0 Å². The Kier molecular flexibility index (Phi) is 6.02. The van der Waals surface area contributed by atoms with Crippen molar-refractivity contribution in [2.45, 2.75) is 47.1 Å². The molecule has 0 saturated carbocycles. The van der Waals surface area contributed by atoms with Crippen LogP contribution in [0.4, 0.5) is 11.6 Å². The molecule has 0 radical (unpaired) electrons. The van der Waals surface area contributed by atoms with Gasteiger partial charge in [0.2, 0.25) is 0 Å². The van der Waals surface area contributed by atoms with E-state index in [-0.39, 0.29) is 6.10 Å². The molecule has 0 fully saturated rings. The van der Waals surface area contributed by atoms with Gasteiger partial charge in [-0.25, -0.2) is 9.97 Å². The van der Waals surface area contributed by atoms with E-state index in [0.29, 0.717) is 12.5 Å². The number of anilines is 2. The van der Waals surface area contributed by atoms with Gasteiger partial charge in [0.25, 0.3) is 0 Å². The van der Waals surface area contributed by atoms with Crippen LogP contribution in [0.15, 0.2) is 0 Å². The molecule has 1 atom stereocenters. The molecule has 19 heavy (non-hydrogen) atoms. The molecule has 0 amide bonds. The van der Waals surface area contributed by atoms with E-state index in [1.54, 1.807) is 0 Å². The lowest BCUT2D eigenvalue weighted by Gasteiger charge is -2.17. The maximum atomic E-state index is 9.89. The van der Waals surface area contributed by atoms with Gasteiger partial charge in [0, 0.05) is 18.7 Å². The number of aromatic nitrogens is 2. The predicted octanol–water partition coefficient (Wildman–Crippen LogP) is 2.34. The maximum Gasteiger partial charge on any atom is 0.134 e. The monoisotopic (exact) mass is 266 g/mol. The topological polar surface area (TPSA) is 70.1 Å². The Morgan fingerprint density at radius 3 is 2.21 bits per heavy atom. The molecule has 108 valence electrons. The first-order chi connectivity index (χ1) is 8.93. The summed E-state index contributed by atoms with van der Waals surface area (Å²) in [6, 6.07) is 0. The molecule has 3 N–H and O–H groups in total. The molecule has 5 nitrogen and oxygen atoms in total. The van der Waals surface area contributed by atoms with Crippen molar-refractivity contribution in [2.24, 2.45) is 5.92 Å². The van der Waals surface area contributed by atoms with E-state index in [2.05, 4.69) is 34.4 Å². The third-order valence-electron chi connectivity index (χ3n) is 2.85. The molecule has 1 unspecified atom stereocenters. The largest absolute Gasteiger partial charge is 0.391 e. The van der Waals surface area contributed by atoms with Crippen LogP contribution in [0.2, 0.25) is 0 Å². The Morgan fingerprint density at radius 1 is 1.11 bits per heavy atom. The van der Waals surface area contributed by atoms with Gasteiger partial charge >= 0.3 is 0 Å². The summed E-state index contributed by atoms with van der Waals surface area (Å²) >= 11 is 0. The van der Waals surface area contributed by atoms with Crippen molar-refractivity contribution in [3.63, 3.8) is 0 Å². The van der Waals surface area contributed by atoms with Crippen LogP contribution >= 0.6 is 0 Å². The van der Waals surface area contributed by atoms with Crippen LogP contribution in [0.1, 0.15) is 38.6 Å². The molecule has 1 rings (SSSR count). The van der Waals surface area contributed by atoms with E-state index in [0.717, 1.165) is 36.0 Å². The summed E-state index contributed by atoms with van der Waals surface area (Å²) in [4.78, 5) is 8.77. The summed E-state index contributed by atoms with van der Waals surface area (Å²) in [6.07, 6.45) is 0.438. The molecule has 0 spiro atoms. The zero-order valence-electron chi connectivity index (χ0n) is 12.6. The highest BCUT2D eigenvalue weighted by Crippen LogP contribution is 2.19. The normalized spacial score (nSPS) is 12.6. The van der Waals surface area contributed by atoms with E-state index < -0.39 is 0 Å². The maximum absolute atomic E-state index is 9.89. The quantitative estimate of drug-likeness (QED) is 0.706. The van der Waals surface area contributed by atoms with Crippen molar-refractivity contribution < 1.29 is 5.11 Å². The molecule has 0 aliphatic heterocycles. The second kappa shape index (κ2) is 7.28.